The summed E-state index contributed by atoms with van der Waals surface area (Å²) in [6.07, 6.45) is 0. The van der Waals surface area contributed by atoms with E-state index >= 15 is 0 Å². The molecule has 0 fully saturated rings. The predicted octanol–water partition coefficient (Wildman–Crippen LogP) is 1.06. The minimum Gasteiger partial charge on any atom is -0.394 e. The van der Waals surface area contributed by atoms with Gasteiger partial charge in [0, 0.05) is 12.6 Å². The minimum absolute atomic E-state index is 0. The SMILES string of the molecule is CC(=O)Nc1ccc([C@H](N)CO)cc1.Cl. The molecule has 84 valence electrons. The van der Waals surface area contributed by atoms with Gasteiger partial charge in [-0.05, 0) is 17.7 Å². The average Bonchev–Trinajstić information content (AvgIpc) is 2.17. The number of nitrogens with one attached hydrogen (secondary N) is 1. The molecule has 5 heteroatoms. The Morgan fingerprint density at radius 1 is 1.47 bits per heavy atom. The highest BCUT2D eigenvalue weighted by atomic mass is 35.5. The Labute approximate surface area is 94.9 Å². The number of benzene rings is 1. The summed E-state index contributed by atoms with van der Waals surface area (Å²) in [4.78, 5) is 10.7. The van der Waals surface area contributed by atoms with Crippen molar-refractivity contribution in [3.63, 3.8) is 0 Å². The first kappa shape index (κ1) is 13.9. The molecule has 1 amide bonds. The van der Waals surface area contributed by atoms with E-state index < -0.39 is 0 Å². The molecule has 0 saturated heterocycles. The van der Waals surface area contributed by atoms with Gasteiger partial charge in [0.1, 0.15) is 0 Å². The quantitative estimate of drug-likeness (QED) is 0.727. The zero-order chi connectivity index (χ0) is 10.6. The molecule has 4 N–H and O–H groups in total. The maximum atomic E-state index is 10.7. The van der Waals surface area contributed by atoms with Crippen molar-refractivity contribution in [2.24, 2.45) is 5.73 Å². The predicted molar refractivity (Wildman–Crippen MR) is 62.0 cm³/mol. The monoisotopic (exact) mass is 230 g/mol. The van der Waals surface area contributed by atoms with Gasteiger partial charge >= 0.3 is 0 Å². The van der Waals surface area contributed by atoms with Crippen molar-refractivity contribution in [1.29, 1.82) is 0 Å². The molecule has 1 aromatic rings. The average molecular weight is 231 g/mol. The van der Waals surface area contributed by atoms with Crippen LogP contribution in [-0.2, 0) is 4.79 Å². The van der Waals surface area contributed by atoms with Gasteiger partial charge < -0.3 is 16.2 Å². The molecule has 1 rings (SSSR count). The summed E-state index contributed by atoms with van der Waals surface area (Å²) in [6, 6.07) is 6.72. The Hall–Kier alpha value is -1.10. The van der Waals surface area contributed by atoms with E-state index in [1.807, 2.05) is 0 Å². The van der Waals surface area contributed by atoms with Gasteiger partial charge in [-0.25, -0.2) is 0 Å². The molecule has 0 unspecified atom stereocenters. The molecular weight excluding hydrogens is 216 g/mol. The van der Waals surface area contributed by atoms with Crippen LogP contribution in [-0.4, -0.2) is 17.6 Å². The van der Waals surface area contributed by atoms with Crippen molar-refractivity contribution in [2.45, 2.75) is 13.0 Å². The van der Waals surface area contributed by atoms with Crippen LogP contribution in [0.4, 0.5) is 5.69 Å². The Bertz CT molecular complexity index is 314. The molecule has 0 heterocycles. The molecule has 0 aliphatic rings. The third kappa shape index (κ3) is 4.29. The number of amides is 1. The Balaban J connectivity index is 0.00000196. The summed E-state index contributed by atoms with van der Waals surface area (Å²) >= 11 is 0. The van der Waals surface area contributed by atoms with E-state index in [1.165, 1.54) is 6.92 Å². The Morgan fingerprint density at radius 3 is 2.40 bits per heavy atom. The van der Waals surface area contributed by atoms with Crippen molar-refractivity contribution in [2.75, 3.05) is 11.9 Å². The summed E-state index contributed by atoms with van der Waals surface area (Å²) in [5.74, 6) is -0.107. The number of aliphatic hydroxyl groups is 1. The number of nitrogens with two attached hydrogens (primary N) is 1. The van der Waals surface area contributed by atoms with Crippen LogP contribution in [0.25, 0.3) is 0 Å². The summed E-state index contributed by atoms with van der Waals surface area (Å²) in [5.41, 5.74) is 7.19. The fourth-order valence-electron chi connectivity index (χ4n) is 1.12. The van der Waals surface area contributed by atoms with Crippen molar-refractivity contribution in [3.05, 3.63) is 29.8 Å². The van der Waals surface area contributed by atoms with Crippen LogP contribution in [0.1, 0.15) is 18.5 Å². The smallest absolute Gasteiger partial charge is 0.221 e. The molecule has 15 heavy (non-hydrogen) atoms. The van der Waals surface area contributed by atoms with E-state index in [0.717, 1.165) is 11.3 Å². The van der Waals surface area contributed by atoms with Gasteiger partial charge in [-0.2, -0.15) is 0 Å². The fourth-order valence-corrected chi connectivity index (χ4v) is 1.12. The third-order valence-corrected chi connectivity index (χ3v) is 1.86. The number of hydrogen-bond acceptors (Lipinski definition) is 3. The molecule has 0 radical (unpaired) electrons. The molecule has 0 bridgehead atoms. The molecular formula is C10H15ClN2O2. The molecule has 4 nitrogen and oxygen atoms in total. The van der Waals surface area contributed by atoms with E-state index in [-0.39, 0.29) is 31.0 Å². The van der Waals surface area contributed by atoms with Crippen LogP contribution in [0, 0.1) is 0 Å². The van der Waals surface area contributed by atoms with Crippen molar-refractivity contribution >= 4 is 24.0 Å². The Morgan fingerprint density at radius 2 is 2.00 bits per heavy atom. The first-order valence-electron chi connectivity index (χ1n) is 4.37. The number of halogens is 1. The number of carbonyl (C=O) groups excluding carboxylic acids is 1. The second-order valence-electron chi connectivity index (χ2n) is 3.09. The highest BCUT2D eigenvalue weighted by Crippen LogP contribution is 2.13. The zero-order valence-corrected chi connectivity index (χ0v) is 9.25. The van der Waals surface area contributed by atoms with E-state index in [1.54, 1.807) is 24.3 Å². The van der Waals surface area contributed by atoms with E-state index in [4.69, 9.17) is 10.8 Å². The first-order valence-corrected chi connectivity index (χ1v) is 4.37. The van der Waals surface area contributed by atoms with Crippen LogP contribution in [0.15, 0.2) is 24.3 Å². The maximum absolute atomic E-state index is 10.7. The number of aliphatic hydroxyl groups excluding tert-OH is 1. The Kier molecular flexibility index (Phi) is 5.93. The highest BCUT2D eigenvalue weighted by molar-refractivity contribution is 5.88. The molecule has 1 atom stereocenters. The van der Waals surface area contributed by atoms with E-state index in [2.05, 4.69) is 5.32 Å². The lowest BCUT2D eigenvalue weighted by Crippen LogP contribution is -2.14. The lowest BCUT2D eigenvalue weighted by atomic mass is 10.1. The summed E-state index contributed by atoms with van der Waals surface area (Å²) in [7, 11) is 0. The maximum Gasteiger partial charge on any atom is 0.221 e. The van der Waals surface area contributed by atoms with Crippen molar-refractivity contribution < 1.29 is 9.90 Å². The van der Waals surface area contributed by atoms with Crippen molar-refractivity contribution in [3.8, 4) is 0 Å². The van der Waals surface area contributed by atoms with E-state index in [0.29, 0.717) is 0 Å². The molecule has 0 aliphatic carbocycles. The normalized spacial score (nSPS) is 11.4. The zero-order valence-electron chi connectivity index (χ0n) is 8.43. The molecule has 0 saturated carbocycles. The highest BCUT2D eigenvalue weighted by Gasteiger charge is 2.03. The van der Waals surface area contributed by atoms with E-state index in [9.17, 15) is 4.79 Å². The third-order valence-electron chi connectivity index (χ3n) is 1.86. The molecule has 0 spiro atoms. The molecule has 0 aromatic heterocycles. The van der Waals surface area contributed by atoms with Crippen LogP contribution in [0.3, 0.4) is 0 Å². The lowest BCUT2D eigenvalue weighted by molar-refractivity contribution is -0.114. The summed E-state index contributed by atoms with van der Waals surface area (Å²) in [6.45, 7) is 1.37. The van der Waals surface area contributed by atoms with Gasteiger partial charge in [-0.1, -0.05) is 12.1 Å². The number of rotatable bonds is 3. The van der Waals surface area contributed by atoms with Crippen molar-refractivity contribution in [1.82, 2.24) is 0 Å². The summed E-state index contributed by atoms with van der Waals surface area (Å²) < 4.78 is 0. The van der Waals surface area contributed by atoms with Gasteiger partial charge in [0.05, 0.1) is 12.6 Å². The number of carbonyl (C=O) groups is 1. The second-order valence-corrected chi connectivity index (χ2v) is 3.09. The standard InChI is InChI=1S/C10H14N2O2.ClH/c1-7(14)12-9-4-2-8(3-5-9)10(11)6-13;/h2-5,10,13H,6,11H2,1H3,(H,12,14);1H/t10-;/m1./s1. The lowest BCUT2D eigenvalue weighted by Gasteiger charge is -2.09. The van der Waals surface area contributed by atoms with Gasteiger partial charge in [0.15, 0.2) is 0 Å². The van der Waals surface area contributed by atoms with Gasteiger partial charge in [-0.15, -0.1) is 12.4 Å². The molecule has 0 aliphatic heterocycles. The fraction of sp³-hybridized carbons (Fsp3) is 0.300. The first-order chi connectivity index (χ1) is 6.63. The van der Waals surface area contributed by atoms with Crippen LogP contribution in [0.5, 0.6) is 0 Å². The van der Waals surface area contributed by atoms with Crippen LogP contribution >= 0.6 is 12.4 Å². The largest absolute Gasteiger partial charge is 0.394 e. The topological polar surface area (TPSA) is 75.4 Å². The van der Waals surface area contributed by atoms with Crippen LogP contribution < -0.4 is 11.1 Å². The molecule has 1 aromatic carbocycles. The van der Waals surface area contributed by atoms with Crippen LogP contribution in [0.2, 0.25) is 0 Å². The minimum atomic E-state index is -0.360. The van der Waals surface area contributed by atoms with Gasteiger partial charge in [0.2, 0.25) is 5.91 Å². The number of anilines is 1. The second kappa shape index (κ2) is 6.40. The summed E-state index contributed by atoms with van der Waals surface area (Å²) in [5, 5.41) is 11.5. The number of hydrogen-bond donors (Lipinski definition) is 3. The van der Waals surface area contributed by atoms with Gasteiger partial charge in [0.25, 0.3) is 0 Å². The van der Waals surface area contributed by atoms with Gasteiger partial charge in [-0.3, -0.25) is 4.79 Å².